The van der Waals surface area contributed by atoms with Gasteiger partial charge in [0.1, 0.15) is 5.75 Å². The smallest absolute Gasteiger partial charge is 0.116 e. The van der Waals surface area contributed by atoms with E-state index in [-0.39, 0.29) is 0 Å². The van der Waals surface area contributed by atoms with Crippen LogP contribution in [0.25, 0.3) is 21.8 Å². The van der Waals surface area contributed by atoms with Gasteiger partial charge in [-0.2, -0.15) is 0 Å². The van der Waals surface area contributed by atoms with Gasteiger partial charge in [-0.05, 0) is 29.7 Å². The van der Waals surface area contributed by atoms with Crippen molar-refractivity contribution in [1.82, 2.24) is 4.98 Å². The summed E-state index contributed by atoms with van der Waals surface area (Å²) in [7, 11) is 0. The van der Waals surface area contributed by atoms with Gasteiger partial charge in [0.25, 0.3) is 0 Å². The third kappa shape index (κ3) is 1.48. The lowest BCUT2D eigenvalue weighted by Gasteiger charge is -2.07. The summed E-state index contributed by atoms with van der Waals surface area (Å²) in [5, 5.41) is 12.1. The molecule has 0 aliphatic rings. The second-order valence-electron chi connectivity index (χ2n) is 4.78. The van der Waals surface area contributed by atoms with Crippen LogP contribution in [0, 0.1) is 0 Å². The molecule has 17 heavy (non-hydrogen) atoms. The maximum atomic E-state index is 9.82. The standard InChI is InChI=1S/C15H15NO/c1-9(2)12-7-10(17)8-13-11-5-3-4-6-14(11)16-15(12)13/h3-9,16-17H,1-2H3. The van der Waals surface area contributed by atoms with Crippen molar-refractivity contribution in [1.29, 1.82) is 0 Å². The van der Waals surface area contributed by atoms with Gasteiger partial charge in [-0.3, -0.25) is 0 Å². The van der Waals surface area contributed by atoms with Crippen LogP contribution in [0.15, 0.2) is 36.4 Å². The van der Waals surface area contributed by atoms with E-state index < -0.39 is 0 Å². The first-order chi connectivity index (χ1) is 8.16. The highest BCUT2D eigenvalue weighted by Crippen LogP contribution is 2.34. The molecule has 3 rings (SSSR count). The summed E-state index contributed by atoms with van der Waals surface area (Å²) in [6, 6.07) is 11.9. The molecule has 0 amide bonds. The van der Waals surface area contributed by atoms with Gasteiger partial charge >= 0.3 is 0 Å². The Hall–Kier alpha value is -1.96. The molecule has 86 valence electrons. The zero-order chi connectivity index (χ0) is 12.0. The molecule has 0 aliphatic carbocycles. The Balaban J connectivity index is 2.51. The van der Waals surface area contributed by atoms with Crippen molar-refractivity contribution in [2.24, 2.45) is 0 Å². The Labute approximate surface area is 99.9 Å². The summed E-state index contributed by atoms with van der Waals surface area (Å²) in [5.41, 5.74) is 3.42. The second-order valence-corrected chi connectivity index (χ2v) is 4.78. The number of H-pyrrole nitrogens is 1. The summed E-state index contributed by atoms with van der Waals surface area (Å²) in [4.78, 5) is 3.44. The van der Waals surface area contributed by atoms with Gasteiger partial charge in [0.05, 0.1) is 5.52 Å². The number of phenolic OH excluding ortho intramolecular Hbond substituents is 1. The van der Waals surface area contributed by atoms with E-state index in [1.165, 1.54) is 5.39 Å². The third-order valence-electron chi connectivity index (χ3n) is 3.25. The zero-order valence-electron chi connectivity index (χ0n) is 9.99. The number of nitrogens with one attached hydrogen (secondary N) is 1. The highest BCUT2D eigenvalue weighted by atomic mass is 16.3. The first-order valence-electron chi connectivity index (χ1n) is 5.90. The molecule has 0 saturated heterocycles. The Morgan fingerprint density at radius 3 is 2.59 bits per heavy atom. The van der Waals surface area contributed by atoms with E-state index in [0.29, 0.717) is 11.7 Å². The van der Waals surface area contributed by atoms with Crippen LogP contribution in [0.5, 0.6) is 5.75 Å². The number of aromatic nitrogens is 1. The number of phenols is 1. The van der Waals surface area contributed by atoms with Crippen molar-refractivity contribution in [2.75, 3.05) is 0 Å². The number of aromatic amines is 1. The Bertz CT molecular complexity index is 695. The van der Waals surface area contributed by atoms with E-state index in [1.54, 1.807) is 0 Å². The van der Waals surface area contributed by atoms with Gasteiger partial charge < -0.3 is 10.1 Å². The molecule has 3 aromatic rings. The van der Waals surface area contributed by atoms with Crippen LogP contribution < -0.4 is 0 Å². The number of para-hydroxylation sites is 1. The number of hydrogen-bond donors (Lipinski definition) is 2. The van der Waals surface area contributed by atoms with Crippen LogP contribution in [-0.2, 0) is 0 Å². The van der Waals surface area contributed by atoms with E-state index in [9.17, 15) is 5.11 Å². The monoisotopic (exact) mass is 225 g/mol. The van der Waals surface area contributed by atoms with E-state index in [1.807, 2.05) is 24.3 Å². The average molecular weight is 225 g/mol. The van der Waals surface area contributed by atoms with Crippen LogP contribution in [0.3, 0.4) is 0 Å². The largest absolute Gasteiger partial charge is 0.508 e. The van der Waals surface area contributed by atoms with Gasteiger partial charge in [0.2, 0.25) is 0 Å². The normalized spacial score (nSPS) is 11.7. The molecule has 0 atom stereocenters. The molecule has 0 aliphatic heterocycles. The topological polar surface area (TPSA) is 36.0 Å². The minimum absolute atomic E-state index is 0.339. The molecule has 2 N–H and O–H groups in total. The molecule has 2 aromatic carbocycles. The molecular weight excluding hydrogens is 210 g/mol. The molecule has 1 heterocycles. The summed E-state index contributed by atoms with van der Waals surface area (Å²) in [6.07, 6.45) is 0. The second kappa shape index (κ2) is 3.52. The fourth-order valence-electron chi connectivity index (χ4n) is 2.42. The van der Waals surface area contributed by atoms with Gasteiger partial charge in [-0.1, -0.05) is 32.0 Å². The SMILES string of the molecule is CC(C)c1cc(O)cc2c1[nH]c1ccccc12. The van der Waals surface area contributed by atoms with Gasteiger partial charge in [0, 0.05) is 16.3 Å². The first kappa shape index (κ1) is 10.2. The summed E-state index contributed by atoms with van der Waals surface area (Å²) < 4.78 is 0. The van der Waals surface area contributed by atoms with Crippen LogP contribution in [0.2, 0.25) is 0 Å². The van der Waals surface area contributed by atoms with Crippen molar-refractivity contribution >= 4 is 21.8 Å². The van der Waals surface area contributed by atoms with Crippen LogP contribution in [0.1, 0.15) is 25.3 Å². The predicted octanol–water partition coefficient (Wildman–Crippen LogP) is 4.15. The Kier molecular flexibility index (Phi) is 2.11. The number of benzene rings is 2. The van der Waals surface area contributed by atoms with Crippen molar-refractivity contribution < 1.29 is 5.11 Å². The molecule has 0 radical (unpaired) electrons. The summed E-state index contributed by atoms with van der Waals surface area (Å²) >= 11 is 0. The molecule has 2 nitrogen and oxygen atoms in total. The fraction of sp³-hybridized carbons (Fsp3) is 0.200. The van der Waals surface area contributed by atoms with E-state index in [0.717, 1.165) is 22.0 Å². The van der Waals surface area contributed by atoms with E-state index in [2.05, 4.69) is 31.0 Å². The van der Waals surface area contributed by atoms with Crippen molar-refractivity contribution in [3.63, 3.8) is 0 Å². The molecular formula is C15H15NO. The maximum absolute atomic E-state index is 9.82. The fourth-order valence-corrected chi connectivity index (χ4v) is 2.42. The van der Waals surface area contributed by atoms with Crippen molar-refractivity contribution in [3.05, 3.63) is 42.0 Å². The predicted molar refractivity (Wildman–Crippen MR) is 71.6 cm³/mol. The molecule has 0 saturated carbocycles. The van der Waals surface area contributed by atoms with Crippen LogP contribution in [0.4, 0.5) is 0 Å². The van der Waals surface area contributed by atoms with Crippen molar-refractivity contribution in [3.8, 4) is 5.75 Å². The number of aromatic hydroxyl groups is 1. The average Bonchev–Trinajstić information content (AvgIpc) is 2.66. The maximum Gasteiger partial charge on any atom is 0.116 e. The lowest BCUT2D eigenvalue weighted by molar-refractivity contribution is 0.475. The van der Waals surface area contributed by atoms with Gasteiger partial charge in [0.15, 0.2) is 0 Å². The van der Waals surface area contributed by atoms with Gasteiger partial charge in [-0.15, -0.1) is 0 Å². The Morgan fingerprint density at radius 1 is 1.06 bits per heavy atom. The number of hydrogen-bond acceptors (Lipinski definition) is 1. The minimum Gasteiger partial charge on any atom is -0.508 e. The summed E-state index contributed by atoms with van der Waals surface area (Å²) in [5.74, 6) is 0.726. The first-order valence-corrected chi connectivity index (χ1v) is 5.90. The third-order valence-corrected chi connectivity index (χ3v) is 3.25. The quantitative estimate of drug-likeness (QED) is 0.641. The summed E-state index contributed by atoms with van der Waals surface area (Å²) in [6.45, 7) is 4.28. The molecule has 0 fully saturated rings. The van der Waals surface area contributed by atoms with Gasteiger partial charge in [-0.25, -0.2) is 0 Å². The van der Waals surface area contributed by atoms with Crippen LogP contribution >= 0.6 is 0 Å². The van der Waals surface area contributed by atoms with Crippen molar-refractivity contribution in [2.45, 2.75) is 19.8 Å². The lowest BCUT2D eigenvalue weighted by Crippen LogP contribution is -1.88. The molecule has 0 bridgehead atoms. The lowest BCUT2D eigenvalue weighted by atomic mass is 9.99. The van der Waals surface area contributed by atoms with Crippen LogP contribution in [-0.4, -0.2) is 10.1 Å². The molecule has 2 heteroatoms. The number of rotatable bonds is 1. The Morgan fingerprint density at radius 2 is 1.82 bits per heavy atom. The van der Waals surface area contributed by atoms with E-state index in [4.69, 9.17) is 0 Å². The van der Waals surface area contributed by atoms with E-state index >= 15 is 0 Å². The molecule has 0 spiro atoms. The highest BCUT2D eigenvalue weighted by molar-refractivity contribution is 6.08. The molecule has 0 unspecified atom stereocenters. The molecule has 1 aromatic heterocycles. The minimum atomic E-state index is 0.339. The highest BCUT2D eigenvalue weighted by Gasteiger charge is 2.11. The zero-order valence-corrected chi connectivity index (χ0v) is 9.99. The number of fused-ring (bicyclic) bond motifs is 3.